The fraction of sp³-hybridized carbons (Fsp3) is 0.920. The molecule has 0 aromatic rings. The number of hydrogen-bond donors (Lipinski definition) is 0. The van der Waals surface area contributed by atoms with E-state index >= 15 is 0 Å². The van der Waals surface area contributed by atoms with Crippen LogP contribution in [-0.4, -0.2) is 30.7 Å². The summed E-state index contributed by atoms with van der Waals surface area (Å²) in [4.78, 5) is 0. The maximum atomic E-state index is 6.46. The van der Waals surface area contributed by atoms with Gasteiger partial charge in [0, 0.05) is 13.5 Å². The first kappa shape index (κ1) is 29.8. The first-order valence-corrected chi connectivity index (χ1v) is 11.7. The van der Waals surface area contributed by atoms with Crippen molar-refractivity contribution < 1.29 is 14.2 Å². The summed E-state index contributed by atoms with van der Waals surface area (Å²) < 4.78 is 19.1. The Kier molecular flexibility index (Phi) is 18.6. The molecule has 0 aliphatic carbocycles. The standard InChI is InChI=1S/C22H46O3.C3H6/c1-9-12-13-14-15-16-18-21(23-8,17-10-2)22(11-3,24-19(4)5)25-20(6)7;1-3-2/h19-20H,9-18H2,1-8H3;3H,1H2,2H3. The van der Waals surface area contributed by atoms with Gasteiger partial charge >= 0.3 is 0 Å². The van der Waals surface area contributed by atoms with Gasteiger partial charge in [-0.15, -0.1) is 6.58 Å². The summed E-state index contributed by atoms with van der Waals surface area (Å²) >= 11 is 0. The van der Waals surface area contributed by atoms with E-state index in [4.69, 9.17) is 14.2 Å². The molecule has 0 N–H and O–H groups in total. The Balaban J connectivity index is 0. The van der Waals surface area contributed by atoms with Gasteiger partial charge in [-0.3, -0.25) is 0 Å². The summed E-state index contributed by atoms with van der Waals surface area (Å²) in [6.07, 6.45) is 13.5. The maximum absolute atomic E-state index is 6.46. The molecule has 0 spiro atoms. The zero-order valence-corrected chi connectivity index (χ0v) is 20.7. The number of methoxy groups -OCH3 is 1. The van der Waals surface area contributed by atoms with E-state index in [9.17, 15) is 0 Å². The predicted molar refractivity (Wildman–Crippen MR) is 124 cm³/mol. The third-order valence-electron chi connectivity index (χ3n) is 4.99. The van der Waals surface area contributed by atoms with Crippen molar-refractivity contribution in [2.45, 2.75) is 143 Å². The van der Waals surface area contributed by atoms with E-state index in [0.29, 0.717) is 0 Å². The Hall–Kier alpha value is -0.380. The van der Waals surface area contributed by atoms with E-state index in [2.05, 4.69) is 55.0 Å². The Morgan fingerprint density at radius 1 is 0.786 bits per heavy atom. The number of ether oxygens (including phenoxy) is 3. The predicted octanol–water partition coefficient (Wildman–Crippen LogP) is 8.07. The second-order valence-electron chi connectivity index (χ2n) is 8.31. The molecule has 0 heterocycles. The zero-order chi connectivity index (χ0) is 22.1. The Labute approximate surface area is 177 Å². The molecule has 3 nitrogen and oxygen atoms in total. The summed E-state index contributed by atoms with van der Waals surface area (Å²) in [7, 11) is 1.84. The lowest BCUT2D eigenvalue weighted by Crippen LogP contribution is -2.60. The number of hydrogen-bond acceptors (Lipinski definition) is 3. The van der Waals surface area contributed by atoms with Crippen molar-refractivity contribution in [3.8, 4) is 0 Å². The van der Waals surface area contributed by atoms with Crippen LogP contribution in [0.5, 0.6) is 0 Å². The highest BCUT2D eigenvalue weighted by Crippen LogP contribution is 2.43. The summed E-state index contributed by atoms with van der Waals surface area (Å²) in [6.45, 7) is 20.3. The molecule has 0 saturated carbocycles. The van der Waals surface area contributed by atoms with Crippen LogP contribution in [0.15, 0.2) is 12.7 Å². The molecule has 0 bridgehead atoms. The first-order chi connectivity index (χ1) is 13.2. The van der Waals surface area contributed by atoms with Crippen LogP contribution in [0.25, 0.3) is 0 Å². The van der Waals surface area contributed by atoms with E-state index in [-0.39, 0.29) is 17.8 Å². The van der Waals surface area contributed by atoms with Gasteiger partial charge in [-0.1, -0.05) is 71.8 Å². The molecular weight excluding hydrogens is 348 g/mol. The maximum Gasteiger partial charge on any atom is 0.197 e. The third-order valence-corrected chi connectivity index (χ3v) is 4.99. The van der Waals surface area contributed by atoms with Gasteiger partial charge in [-0.2, -0.15) is 0 Å². The molecule has 0 fully saturated rings. The van der Waals surface area contributed by atoms with Crippen molar-refractivity contribution in [2.24, 2.45) is 0 Å². The minimum Gasteiger partial charge on any atom is -0.373 e. The second-order valence-corrected chi connectivity index (χ2v) is 8.31. The Morgan fingerprint density at radius 3 is 1.61 bits per heavy atom. The van der Waals surface area contributed by atoms with Gasteiger partial charge in [0.15, 0.2) is 5.79 Å². The number of unbranched alkanes of at least 4 members (excludes halogenated alkanes) is 5. The van der Waals surface area contributed by atoms with Crippen LogP contribution in [0, 0.1) is 0 Å². The van der Waals surface area contributed by atoms with E-state index in [1.807, 2.05) is 14.0 Å². The third kappa shape index (κ3) is 11.0. The topological polar surface area (TPSA) is 27.7 Å². The molecule has 170 valence electrons. The average Bonchev–Trinajstić information content (AvgIpc) is 2.62. The van der Waals surface area contributed by atoms with Crippen molar-refractivity contribution in [1.29, 1.82) is 0 Å². The molecule has 1 unspecified atom stereocenters. The lowest BCUT2D eigenvalue weighted by atomic mass is 9.80. The van der Waals surface area contributed by atoms with Crippen molar-refractivity contribution in [2.75, 3.05) is 7.11 Å². The van der Waals surface area contributed by atoms with Crippen LogP contribution in [0.4, 0.5) is 0 Å². The highest BCUT2D eigenvalue weighted by Gasteiger charge is 2.53. The van der Waals surface area contributed by atoms with Gasteiger partial charge in [0.25, 0.3) is 0 Å². The highest BCUT2D eigenvalue weighted by molar-refractivity contribution is 4.96. The normalized spacial score (nSPS) is 14.0. The van der Waals surface area contributed by atoms with Crippen molar-refractivity contribution in [3.63, 3.8) is 0 Å². The van der Waals surface area contributed by atoms with Crippen molar-refractivity contribution in [1.82, 2.24) is 0 Å². The fourth-order valence-corrected chi connectivity index (χ4v) is 3.95. The Morgan fingerprint density at radius 2 is 1.25 bits per heavy atom. The van der Waals surface area contributed by atoms with Crippen molar-refractivity contribution in [3.05, 3.63) is 12.7 Å². The molecule has 0 amide bonds. The fourth-order valence-electron chi connectivity index (χ4n) is 3.95. The lowest BCUT2D eigenvalue weighted by molar-refractivity contribution is -0.353. The van der Waals surface area contributed by atoms with Crippen LogP contribution >= 0.6 is 0 Å². The molecule has 3 heteroatoms. The monoisotopic (exact) mass is 400 g/mol. The molecule has 0 radical (unpaired) electrons. The van der Waals surface area contributed by atoms with Gasteiger partial charge in [-0.05, 0) is 47.5 Å². The van der Waals surface area contributed by atoms with Crippen LogP contribution < -0.4 is 0 Å². The Bertz CT molecular complexity index is 342. The van der Waals surface area contributed by atoms with Gasteiger partial charge in [0.05, 0.1) is 12.2 Å². The van der Waals surface area contributed by atoms with Crippen LogP contribution in [0.2, 0.25) is 0 Å². The molecule has 28 heavy (non-hydrogen) atoms. The number of rotatable bonds is 16. The van der Waals surface area contributed by atoms with Crippen molar-refractivity contribution >= 4 is 0 Å². The summed E-state index contributed by atoms with van der Waals surface area (Å²) in [5.74, 6) is -0.677. The van der Waals surface area contributed by atoms with E-state index in [0.717, 1.165) is 25.7 Å². The molecule has 0 aromatic carbocycles. The van der Waals surface area contributed by atoms with E-state index in [1.54, 1.807) is 6.08 Å². The van der Waals surface area contributed by atoms with Crippen LogP contribution in [-0.2, 0) is 14.2 Å². The molecule has 0 aliphatic rings. The van der Waals surface area contributed by atoms with Crippen LogP contribution in [0.1, 0.15) is 120 Å². The molecule has 0 aliphatic heterocycles. The molecule has 0 rings (SSSR count). The minimum absolute atomic E-state index is 0.106. The lowest BCUT2D eigenvalue weighted by Gasteiger charge is -2.50. The van der Waals surface area contributed by atoms with Gasteiger partial charge in [-0.25, -0.2) is 0 Å². The van der Waals surface area contributed by atoms with Gasteiger partial charge < -0.3 is 14.2 Å². The number of allylic oxidation sites excluding steroid dienone is 1. The second kappa shape index (κ2) is 17.5. The van der Waals surface area contributed by atoms with Crippen LogP contribution in [0.3, 0.4) is 0 Å². The molecular formula is C25H52O3. The van der Waals surface area contributed by atoms with Gasteiger partial charge in [0.2, 0.25) is 0 Å². The largest absolute Gasteiger partial charge is 0.373 e. The quantitative estimate of drug-likeness (QED) is 0.149. The first-order valence-electron chi connectivity index (χ1n) is 11.7. The average molecular weight is 401 g/mol. The molecule has 0 saturated heterocycles. The summed E-state index contributed by atoms with van der Waals surface area (Å²) in [5.41, 5.74) is -0.379. The minimum atomic E-state index is -0.677. The van der Waals surface area contributed by atoms with E-state index in [1.165, 1.54) is 38.5 Å². The molecule has 0 aromatic heterocycles. The van der Waals surface area contributed by atoms with Gasteiger partial charge in [0.1, 0.15) is 5.60 Å². The summed E-state index contributed by atoms with van der Waals surface area (Å²) in [5, 5.41) is 0. The SMILES string of the molecule is C=CC.CCCCCCCCC(CCC)(OC)C(CC)(OC(C)C)OC(C)C. The van der Waals surface area contributed by atoms with E-state index < -0.39 is 5.79 Å². The smallest absolute Gasteiger partial charge is 0.197 e. The molecule has 1 atom stereocenters. The summed E-state index contributed by atoms with van der Waals surface area (Å²) in [6, 6.07) is 0. The zero-order valence-electron chi connectivity index (χ0n) is 20.7. The highest BCUT2D eigenvalue weighted by atomic mass is 16.7.